The van der Waals surface area contributed by atoms with Crippen LogP contribution in [0.5, 0.6) is 5.88 Å². The van der Waals surface area contributed by atoms with Crippen molar-refractivity contribution in [2.45, 2.75) is 58.3 Å². The topological polar surface area (TPSA) is 51.7 Å². The summed E-state index contributed by atoms with van der Waals surface area (Å²) < 4.78 is 11.0. The zero-order chi connectivity index (χ0) is 23.8. The van der Waals surface area contributed by atoms with Gasteiger partial charge in [0, 0.05) is 30.9 Å². The van der Waals surface area contributed by atoms with Crippen molar-refractivity contribution in [1.29, 1.82) is 0 Å². The number of rotatable bonds is 9. The third-order valence-corrected chi connectivity index (χ3v) is 5.52. The molecule has 0 spiro atoms. The molecule has 5 nitrogen and oxygen atoms in total. The molecule has 2 atom stereocenters. The SMILES string of the molecule is COc1ccc(C(CC(=O)OC(C)(C)C)N(Cc2ccccc2)[C@H](C)c2ccccc2)cn1. The van der Waals surface area contributed by atoms with E-state index in [-0.39, 0.29) is 24.5 Å². The average Bonchev–Trinajstić information content (AvgIpc) is 2.81. The Balaban J connectivity index is 2.02. The summed E-state index contributed by atoms with van der Waals surface area (Å²) in [5, 5.41) is 0. The second kappa shape index (κ2) is 11.1. The monoisotopic (exact) mass is 446 g/mol. The van der Waals surface area contributed by atoms with Crippen LogP contribution in [-0.4, -0.2) is 28.6 Å². The minimum Gasteiger partial charge on any atom is -0.481 e. The summed E-state index contributed by atoms with van der Waals surface area (Å²) in [5.74, 6) is 0.308. The first-order valence-corrected chi connectivity index (χ1v) is 11.3. The molecule has 0 fully saturated rings. The highest BCUT2D eigenvalue weighted by atomic mass is 16.6. The maximum absolute atomic E-state index is 13.0. The van der Waals surface area contributed by atoms with Gasteiger partial charge >= 0.3 is 5.97 Å². The smallest absolute Gasteiger partial charge is 0.308 e. The molecule has 1 heterocycles. The minimum atomic E-state index is -0.547. The van der Waals surface area contributed by atoms with Crippen LogP contribution in [0.1, 0.15) is 62.9 Å². The van der Waals surface area contributed by atoms with Gasteiger partial charge in [0.1, 0.15) is 5.60 Å². The Bertz CT molecular complexity index is 999. The quantitative estimate of drug-likeness (QED) is 0.370. The summed E-state index contributed by atoms with van der Waals surface area (Å²) in [6, 6.07) is 24.3. The Hall–Kier alpha value is -3.18. The summed E-state index contributed by atoms with van der Waals surface area (Å²) in [7, 11) is 1.60. The van der Waals surface area contributed by atoms with Gasteiger partial charge in [-0.1, -0.05) is 66.7 Å². The molecule has 0 amide bonds. The van der Waals surface area contributed by atoms with Gasteiger partial charge in [0.2, 0.25) is 5.88 Å². The molecule has 0 saturated carbocycles. The molecule has 2 aromatic carbocycles. The number of carbonyl (C=O) groups excluding carboxylic acids is 1. The van der Waals surface area contributed by atoms with Crippen LogP contribution >= 0.6 is 0 Å². The molecule has 33 heavy (non-hydrogen) atoms. The van der Waals surface area contributed by atoms with Crippen LogP contribution in [0, 0.1) is 0 Å². The number of hydrogen-bond donors (Lipinski definition) is 0. The minimum absolute atomic E-state index is 0.0564. The van der Waals surface area contributed by atoms with Gasteiger partial charge in [0.25, 0.3) is 0 Å². The number of pyridine rings is 1. The molecule has 0 aliphatic rings. The predicted molar refractivity (Wildman–Crippen MR) is 131 cm³/mol. The summed E-state index contributed by atoms with van der Waals surface area (Å²) in [5.41, 5.74) is 2.76. The summed E-state index contributed by atoms with van der Waals surface area (Å²) in [6.07, 6.45) is 2.01. The third kappa shape index (κ3) is 7.16. The van der Waals surface area contributed by atoms with Gasteiger partial charge in [0.15, 0.2) is 0 Å². The Morgan fingerprint density at radius 3 is 2.12 bits per heavy atom. The Labute approximate surface area is 197 Å². The maximum Gasteiger partial charge on any atom is 0.308 e. The highest BCUT2D eigenvalue weighted by molar-refractivity contribution is 5.71. The summed E-state index contributed by atoms with van der Waals surface area (Å²) >= 11 is 0. The standard InChI is InChI=1S/C28H34N2O3/c1-21(23-14-10-7-11-15-23)30(20-22-12-8-6-9-13-22)25(18-27(31)33-28(2,3)4)24-16-17-26(32-5)29-19-24/h6-17,19,21,25H,18,20H2,1-5H3/t21-,25?/m1/s1. The fourth-order valence-electron chi connectivity index (χ4n) is 3.91. The zero-order valence-electron chi connectivity index (χ0n) is 20.2. The molecule has 3 rings (SSSR count). The second-order valence-electron chi connectivity index (χ2n) is 9.18. The zero-order valence-corrected chi connectivity index (χ0v) is 20.2. The first kappa shape index (κ1) is 24.5. The van der Waals surface area contributed by atoms with Crippen molar-refractivity contribution < 1.29 is 14.3 Å². The van der Waals surface area contributed by atoms with Crippen LogP contribution in [0.2, 0.25) is 0 Å². The van der Waals surface area contributed by atoms with E-state index in [9.17, 15) is 4.79 Å². The van der Waals surface area contributed by atoms with Crippen LogP contribution < -0.4 is 4.74 Å². The van der Waals surface area contributed by atoms with Crippen molar-refractivity contribution in [3.63, 3.8) is 0 Å². The van der Waals surface area contributed by atoms with Crippen LogP contribution in [0.4, 0.5) is 0 Å². The molecular formula is C28H34N2O3. The van der Waals surface area contributed by atoms with Crippen LogP contribution in [0.3, 0.4) is 0 Å². The van der Waals surface area contributed by atoms with Crippen LogP contribution in [-0.2, 0) is 16.1 Å². The number of esters is 1. The van der Waals surface area contributed by atoms with Gasteiger partial charge in [-0.3, -0.25) is 9.69 Å². The molecule has 5 heteroatoms. The molecule has 0 N–H and O–H groups in total. The number of ether oxygens (including phenoxy) is 2. The number of aromatic nitrogens is 1. The molecule has 0 bridgehead atoms. The van der Waals surface area contributed by atoms with E-state index in [0.29, 0.717) is 12.4 Å². The van der Waals surface area contributed by atoms with E-state index in [1.807, 2.05) is 69.3 Å². The largest absolute Gasteiger partial charge is 0.481 e. The lowest BCUT2D eigenvalue weighted by molar-refractivity contribution is -0.156. The molecule has 0 aliphatic heterocycles. The molecule has 3 aromatic rings. The lowest BCUT2D eigenvalue weighted by Gasteiger charge is -2.37. The van der Waals surface area contributed by atoms with E-state index in [2.05, 4.69) is 41.1 Å². The van der Waals surface area contributed by atoms with Crippen molar-refractivity contribution in [2.75, 3.05) is 7.11 Å². The van der Waals surface area contributed by atoms with Gasteiger partial charge in [-0.05, 0) is 44.4 Å². The highest BCUT2D eigenvalue weighted by Gasteiger charge is 2.30. The van der Waals surface area contributed by atoms with Gasteiger partial charge in [-0.2, -0.15) is 0 Å². The Kier molecular flexibility index (Phi) is 8.23. The summed E-state index contributed by atoms with van der Waals surface area (Å²) in [4.78, 5) is 19.8. The maximum atomic E-state index is 13.0. The van der Waals surface area contributed by atoms with E-state index < -0.39 is 5.60 Å². The molecule has 0 aliphatic carbocycles. The van der Waals surface area contributed by atoms with E-state index in [1.165, 1.54) is 11.1 Å². The number of nitrogens with zero attached hydrogens (tertiary/aromatic N) is 2. The van der Waals surface area contributed by atoms with Crippen molar-refractivity contribution in [3.05, 3.63) is 95.7 Å². The normalized spacial score (nSPS) is 13.4. The highest BCUT2D eigenvalue weighted by Crippen LogP contribution is 2.35. The molecule has 1 aromatic heterocycles. The van der Waals surface area contributed by atoms with E-state index in [4.69, 9.17) is 9.47 Å². The molecular weight excluding hydrogens is 412 g/mol. The lowest BCUT2D eigenvalue weighted by atomic mass is 9.97. The fraction of sp³-hybridized carbons (Fsp3) is 0.357. The number of carbonyl (C=O) groups is 1. The molecule has 0 saturated heterocycles. The first-order chi connectivity index (χ1) is 15.8. The van der Waals surface area contributed by atoms with Crippen molar-refractivity contribution in [3.8, 4) is 5.88 Å². The second-order valence-corrected chi connectivity index (χ2v) is 9.18. The number of hydrogen-bond acceptors (Lipinski definition) is 5. The van der Waals surface area contributed by atoms with Gasteiger partial charge in [-0.25, -0.2) is 4.98 Å². The van der Waals surface area contributed by atoms with Gasteiger partial charge in [-0.15, -0.1) is 0 Å². The third-order valence-electron chi connectivity index (χ3n) is 5.52. The summed E-state index contributed by atoms with van der Waals surface area (Å²) in [6.45, 7) is 8.53. The van der Waals surface area contributed by atoms with Crippen molar-refractivity contribution >= 4 is 5.97 Å². The van der Waals surface area contributed by atoms with Crippen molar-refractivity contribution in [1.82, 2.24) is 9.88 Å². The van der Waals surface area contributed by atoms with Crippen LogP contribution in [0.25, 0.3) is 0 Å². The van der Waals surface area contributed by atoms with Gasteiger partial charge in [0.05, 0.1) is 13.5 Å². The first-order valence-electron chi connectivity index (χ1n) is 11.3. The number of benzene rings is 2. The average molecular weight is 447 g/mol. The molecule has 0 radical (unpaired) electrons. The Morgan fingerprint density at radius 2 is 1.58 bits per heavy atom. The Morgan fingerprint density at radius 1 is 0.939 bits per heavy atom. The van der Waals surface area contributed by atoms with Crippen LogP contribution in [0.15, 0.2) is 79.0 Å². The van der Waals surface area contributed by atoms with E-state index in [1.54, 1.807) is 13.3 Å². The van der Waals surface area contributed by atoms with Crippen molar-refractivity contribution in [2.24, 2.45) is 0 Å². The molecule has 1 unspecified atom stereocenters. The van der Waals surface area contributed by atoms with E-state index >= 15 is 0 Å². The van der Waals surface area contributed by atoms with Gasteiger partial charge < -0.3 is 9.47 Å². The fourth-order valence-corrected chi connectivity index (χ4v) is 3.91. The predicted octanol–water partition coefficient (Wildman–Crippen LogP) is 6.13. The van der Waals surface area contributed by atoms with E-state index in [0.717, 1.165) is 5.56 Å². The molecule has 174 valence electrons. The lowest BCUT2D eigenvalue weighted by Crippen LogP contribution is -2.34. The number of methoxy groups -OCH3 is 1.